The van der Waals surface area contributed by atoms with Crippen molar-refractivity contribution in [3.8, 4) is 11.5 Å². The van der Waals surface area contributed by atoms with Gasteiger partial charge in [0.1, 0.15) is 17.3 Å². The smallest absolute Gasteiger partial charge is 0.262 e. The van der Waals surface area contributed by atoms with E-state index in [1.165, 1.54) is 4.31 Å². The third-order valence-corrected chi connectivity index (χ3v) is 6.57. The molecule has 30 heavy (non-hydrogen) atoms. The Labute approximate surface area is 177 Å². The summed E-state index contributed by atoms with van der Waals surface area (Å²) >= 11 is 0. The highest BCUT2D eigenvalue weighted by Gasteiger charge is 2.28. The van der Waals surface area contributed by atoms with Gasteiger partial charge in [-0.2, -0.15) is 4.31 Å². The monoisotopic (exact) mass is 429 g/mol. The highest BCUT2D eigenvalue weighted by molar-refractivity contribution is 7.89. The summed E-state index contributed by atoms with van der Waals surface area (Å²) in [6.07, 6.45) is 2.23. The van der Waals surface area contributed by atoms with Gasteiger partial charge in [0.05, 0.1) is 14.2 Å². The Morgan fingerprint density at radius 3 is 1.73 bits per heavy atom. The number of methoxy groups -OCH3 is 2. The first-order valence-corrected chi connectivity index (χ1v) is 11.1. The van der Waals surface area contributed by atoms with E-state index in [1.807, 2.05) is 62.5 Å². The Morgan fingerprint density at radius 1 is 0.900 bits per heavy atom. The van der Waals surface area contributed by atoms with Crippen molar-refractivity contribution in [3.05, 3.63) is 71.7 Å². The van der Waals surface area contributed by atoms with E-state index in [1.54, 1.807) is 25.0 Å². The Morgan fingerprint density at radius 2 is 1.37 bits per heavy atom. The van der Waals surface area contributed by atoms with Crippen LogP contribution in [0.15, 0.2) is 59.8 Å². The molecule has 0 radical (unpaired) electrons. The molecule has 3 aromatic rings. The van der Waals surface area contributed by atoms with Crippen molar-refractivity contribution >= 4 is 10.0 Å². The van der Waals surface area contributed by atoms with Crippen LogP contribution in [0, 0.1) is 0 Å². The molecule has 0 saturated carbocycles. The molecule has 0 spiro atoms. The van der Waals surface area contributed by atoms with Crippen LogP contribution in [0.3, 0.4) is 0 Å². The second kappa shape index (κ2) is 9.32. The fourth-order valence-corrected chi connectivity index (χ4v) is 4.57. The molecule has 0 fully saturated rings. The minimum absolute atomic E-state index is 0.0591. The van der Waals surface area contributed by atoms with Crippen molar-refractivity contribution in [2.75, 3.05) is 14.2 Å². The highest BCUT2D eigenvalue weighted by atomic mass is 32.2. The van der Waals surface area contributed by atoms with Crippen molar-refractivity contribution in [3.63, 3.8) is 0 Å². The van der Waals surface area contributed by atoms with Gasteiger partial charge >= 0.3 is 0 Å². The molecule has 0 saturated heterocycles. The van der Waals surface area contributed by atoms with Crippen LogP contribution in [0.1, 0.15) is 23.9 Å². The molecule has 160 valence electrons. The average Bonchev–Trinajstić information content (AvgIpc) is 3.15. The molecule has 0 unspecified atom stereocenters. The van der Waals surface area contributed by atoms with Gasteiger partial charge in [-0.1, -0.05) is 31.2 Å². The van der Waals surface area contributed by atoms with Gasteiger partial charge in [-0.05, 0) is 35.4 Å². The van der Waals surface area contributed by atoms with Gasteiger partial charge < -0.3 is 14.0 Å². The lowest BCUT2D eigenvalue weighted by atomic mass is 10.2. The maximum Gasteiger partial charge on any atom is 0.262 e. The largest absolute Gasteiger partial charge is 0.497 e. The molecule has 1 aromatic heterocycles. The topological polar surface area (TPSA) is 73.7 Å². The third-order valence-electron chi connectivity index (χ3n) is 4.91. The molecule has 3 rings (SSSR count). The lowest BCUT2D eigenvalue weighted by Gasteiger charge is -2.21. The Hall–Kier alpha value is -2.84. The molecular formula is C22H27N3O4S. The van der Waals surface area contributed by atoms with E-state index >= 15 is 0 Å². The molecule has 0 aliphatic carbocycles. The second-order valence-electron chi connectivity index (χ2n) is 6.93. The third kappa shape index (κ3) is 4.83. The van der Waals surface area contributed by atoms with Crippen molar-refractivity contribution in [2.45, 2.75) is 31.5 Å². The van der Waals surface area contributed by atoms with Gasteiger partial charge in [-0.25, -0.2) is 13.4 Å². The zero-order valence-electron chi connectivity index (χ0n) is 17.7. The average molecular weight is 430 g/mol. The fourth-order valence-electron chi connectivity index (χ4n) is 3.16. The van der Waals surface area contributed by atoms with Crippen molar-refractivity contribution in [2.24, 2.45) is 7.05 Å². The summed E-state index contributed by atoms with van der Waals surface area (Å²) in [5.74, 6) is 2.17. The molecular weight excluding hydrogens is 402 g/mol. The van der Waals surface area contributed by atoms with Gasteiger partial charge in [0, 0.05) is 32.8 Å². The summed E-state index contributed by atoms with van der Waals surface area (Å²) in [4.78, 5) is 4.35. The molecule has 0 aliphatic rings. The summed E-state index contributed by atoms with van der Waals surface area (Å²) in [6.45, 7) is 2.39. The van der Waals surface area contributed by atoms with E-state index in [4.69, 9.17) is 9.47 Å². The molecule has 2 aromatic carbocycles. The van der Waals surface area contributed by atoms with Crippen LogP contribution in [0.5, 0.6) is 11.5 Å². The summed E-state index contributed by atoms with van der Waals surface area (Å²) in [7, 11) is 1.20. The lowest BCUT2D eigenvalue weighted by Crippen LogP contribution is -2.30. The quantitative estimate of drug-likeness (QED) is 0.521. The molecule has 0 atom stereocenters. The fraction of sp³-hybridized carbons (Fsp3) is 0.318. The summed E-state index contributed by atoms with van der Waals surface area (Å²) < 4.78 is 40.5. The number of imidazole rings is 1. The van der Waals surface area contributed by atoms with E-state index in [0.717, 1.165) is 28.5 Å². The first-order valence-electron chi connectivity index (χ1n) is 9.65. The van der Waals surface area contributed by atoms with Gasteiger partial charge in [-0.15, -0.1) is 0 Å². The number of rotatable bonds is 9. The van der Waals surface area contributed by atoms with E-state index in [-0.39, 0.29) is 18.1 Å². The minimum Gasteiger partial charge on any atom is -0.497 e. The van der Waals surface area contributed by atoms with E-state index in [0.29, 0.717) is 6.42 Å². The van der Waals surface area contributed by atoms with Crippen LogP contribution in [-0.2, 0) is 36.6 Å². The normalized spacial score (nSPS) is 11.6. The molecule has 0 bridgehead atoms. The summed E-state index contributed by atoms with van der Waals surface area (Å²) in [5, 5.41) is 0.0591. The Kier molecular flexibility index (Phi) is 6.79. The van der Waals surface area contributed by atoms with Crippen LogP contribution in [0.25, 0.3) is 0 Å². The number of benzene rings is 2. The number of hydrogen-bond acceptors (Lipinski definition) is 5. The predicted molar refractivity (Wildman–Crippen MR) is 115 cm³/mol. The Bertz CT molecular complexity index is 1030. The van der Waals surface area contributed by atoms with Crippen LogP contribution in [0.4, 0.5) is 0 Å². The second-order valence-corrected chi connectivity index (χ2v) is 8.81. The first-order chi connectivity index (χ1) is 14.4. The number of aromatic nitrogens is 2. The molecule has 0 N–H and O–H groups in total. The van der Waals surface area contributed by atoms with E-state index < -0.39 is 10.0 Å². The molecule has 8 heteroatoms. The van der Waals surface area contributed by atoms with Crippen LogP contribution < -0.4 is 9.47 Å². The number of aryl methyl sites for hydroxylation is 2. The molecule has 0 amide bonds. The molecule has 0 aliphatic heterocycles. The van der Waals surface area contributed by atoms with Crippen LogP contribution in [-0.4, -0.2) is 36.5 Å². The van der Waals surface area contributed by atoms with Crippen LogP contribution >= 0.6 is 0 Å². The van der Waals surface area contributed by atoms with Gasteiger partial charge in [-0.3, -0.25) is 0 Å². The van der Waals surface area contributed by atoms with Gasteiger partial charge in [0.15, 0.2) is 5.03 Å². The Balaban J connectivity index is 1.95. The van der Waals surface area contributed by atoms with E-state index in [2.05, 4.69) is 4.98 Å². The number of hydrogen-bond donors (Lipinski definition) is 0. The number of nitrogens with zero attached hydrogens (tertiary/aromatic N) is 3. The zero-order valence-corrected chi connectivity index (χ0v) is 18.5. The number of ether oxygens (including phenoxy) is 2. The van der Waals surface area contributed by atoms with Crippen LogP contribution in [0.2, 0.25) is 0 Å². The first kappa shape index (κ1) is 21.9. The van der Waals surface area contributed by atoms with Crippen molar-refractivity contribution in [1.29, 1.82) is 0 Å². The number of sulfonamides is 1. The SMILES string of the molecule is CCc1nc(S(=O)(=O)N(Cc2ccc(OC)cc2)Cc2ccc(OC)cc2)cn1C. The predicted octanol–water partition coefficient (Wildman–Crippen LogP) is 3.39. The van der Waals surface area contributed by atoms with Crippen molar-refractivity contribution in [1.82, 2.24) is 13.9 Å². The maximum atomic E-state index is 13.5. The highest BCUT2D eigenvalue weighted by Crippen LogP contribution is 2.23. The minimum atomic E-state index is -3.80. The van der Waals surface area contributed by atoms with Crippen molar-refractivity contribution < 1.29 is 17.9 Å². The summed E-state index contributed by atoms with van der Waals surface area (Å²) in [6, 6.07) is 14.8. The maximum absolute atomic E-state index is 13.5. The van der Waals surface area contributed by atoms with E-state index in [9.17, 15) is 8.42 Å². The van der Waals surface area contributed by atoms with Gasteiger partial charge in [0.2, 0.25) is 0 Å². The zero-order chi connectivity index (χ0) is 21.7. The lowest BCUT2D eigenvalue weighted by molar-refractivity contribution is 0.396. The molecule has 7 nitrogen and oxygen atoms in total. The molecule has 1 heterocycles. The standard InChI is InChI=1S/C22H27N3O4S/c1-5-21-23-22(16-24(21)2)30(26,27)25(14-17-6-10-19(28-3)11-7-17)15-18-8-12-20(29-4)13-9-18/h6-13,16H,5,14-15H2,1-4H3. The summed E-state index contributed by atoms with van der Waals surface area (Å²) in [5.41, 5.74) is 1.72. The van der Waals surface area contributed by atoms with Gasteiger partial charge in [0.25, 0.3) is 10.0 Å².